The van der Waals surface area contributed by atoms with Gasteiger partial charge < -0.3 is 14.9 Å². The summed E-state index contributed by atoms with van der Waals surface area (Å²) in [5.41, 5.74) is 3.72. The van der Waals surface area contributed by atoms with Gasteiger partial charge in [-0.25, -0.2) is 13.9 Å². The molecule has 0 saturated carbocycles. The zero-order valence-corrected chi connectivity index (χ0v) is 19.8. The summed E-state index contributed by atoms with van der Waals surface area (Å²) >= 11 is 0. The number of carbonyl (C=O) groups is 1. The molecule has 0 radical (unpaired) electrons. The molecule has 35 heavy (non-hydrogen) atoms. The molecule has 0 amide bonds. The summed E-state index contributed by atoms with van der Waals surface area (Å²) in [6.07, 6.45) is 2.53. The van der Waals surface area contributed by atoms with Crippen molar-refractivity contribution in [3.05, 3.63) is 88.5 Å². The molecule has 6 nitrogen and oxygen atoms in total. The number of aromatic nitrogens is 2. The van der Waals surface area contributed by atoms with Gasteiger partial charge in [0.15, 0.2) is 6.10 Å². The van der Waals surface area contributed by atoms with E-state index < -0.39 is 23.6 Å². The van der Waals surface area contributed by atoms with Gasteiger partial charge in [0, 0.05) is 16.5 Å². The molecule has 1 heterocycles. The number of ether oxygens (including phenoxy) is 1. The first kappa shape index (κ1) is 24.4. The Morgan fingerprint density at radius 3 is 2.63 bits per heavy atom. The van der Waals surface area contributed by atoms with Crippen LogP contribution in [0.25, 0.3) is 11.8 Å². The maximum Gasteiger partial charge on any atom is 0.339 e. The summed E-state index contributed by atoms with van der Waals surface area (Å²) in [7, 11) is 1.21. The van der Waals surface area contributed by atoms with Gasteiger partial charge in [-0.2, -0.15) is 5.10 Å². The molecule has 1 aromatic heterocycles. The molecule has 0 bridgehead atoms. The number of methoxy groups -OCH3 is 1. The topological polar surface area (TPSA) is 84.6 Å². The van der Waals surface area contributed by atoms with Crippen molar-refractivity contribution in [1.29, 1.82) is 0 Å². The third-order valence-corrected chi connectivity index (χ3v) is 6.57. The SMILES string of the molecule is CCC1=Cc2c(cnn2-c2ccc(F)cc2)CC1(C)[C@@H](O)C#Cc1ccccc1C(O)C(=O)OC. The van der Waals surface area contributed by atoms with Crippen molar-refractivity contribution in [1.82, 2.24) is 9.78 Å². The summed E-state index contributed by atoms with van der Waals surface area (Å²) in [5, 5.41) is 26.0. The van der Waals surface area contributed by atoms with Crippen LogP contribution in [0.15, 0.2) is 60.3 Å². The van der Waals surface area contributed by atoms with Crippen molar-refractivity contribution in [2.45, 2.75) is 38.9 Å². The normalized spacial score (nSPS) is 18.5. The number of halogens is 1. The first-order valence-electron chi connectivity index (χ1n) is 11.4. The number of aliphatic hydroxyl groups is 2. The number of nitrogens with zero attached hydrogens (tertiary/aromatic N) is 2. The van der Waals surface area contributed by atoms with Crippen LogP contribution in [0.3, 0.4) is 0 Å². The van der Waals surface area contributed by atoms with Crippen LogP contribution in [-0.2, 0) is 16.0 Å². The van der Waals surface area contributed by atoms with Crippen LogP contribution >= 0.6 is 0 Å². The molecule has 3 aromatic rings. The lowest BCUT2D eigenvalue weighted by atomic mass is 9.68. The molecule has 2 N–H and O–H groups in total. The van der Waals surface area contributed by atoms with Crippen molar-refractivity contribution in [3.63, 3.8) is 0 Å². The summed E-state index contributed by atoms with van der Waals surface area (Å²) in [4.78, 5) is 11.8. The molecule has 180 valence electrons. The highest BCUT2D eigenvalue weighted by Crippen LogP contribution is 2.43. The van der Waals surface area contributed by atoms with Crippen molar-refractivity contribution in [2.24, 2.45) is 5.41 Å². The molecular weight excluding hydrogens is 447 g/mol. The molecule has 7 heteroatoms. The van der Waals surface area contributed by atoms with Crippen LogP contribution in [0.4, 0.5) is 4.39 Å². The third kappa shape index (κ3) is 4.63. The van der Waals surface area contributed by atoms with E-state index in [2.05, 4.69) is 21.7 Å². The van der Waals surface area contributed by atoms with E-state index in [-0.39, 0.29) is 5.82 Å². The molecule has 4 rings (SSSR count). The predicted molar refractivity (Wildman–Crippen MR) is 130 cm³/mol. The number of carbonyl (C=O) groups excluding carboxylic acids is 1. The molecular formula is C28H27FN2O4. The second-order valence-electron chi connectivity index (χ2n) is 8.75. The number of benzene rings is 2. The molecule has 1 aliphatic rings. The van der Waals surface area contributed by atoms with Gasteiger partial charge in [-0.3, -0.25) is 0 Å². The molecule has 0 spiro atoms. The first-order chi connectivity index (χ1) is 16.8. The largest absolute Gasteiger partial charge is 0.467 e. The van der Waals surface area contributed by atoms with E-state index >= 15 is 0 Å². The Labute approximate surface area is 203 Å². The highest BCUT2D eigenvalue weighted by Gasteiger charge is 2.39. The van der Waals surface area contributed by atoms with Gasteiger partial charge in [0.05, 0.1) is 24.7 Å². The van der Waals surface area contributed by atoms with Crippen LogP contribution in [-0.4, -0.2) is 39.2 Å². The molecule has 0 fully saturated rings. The van der Waals surface area contributed by atoms with E-state index in [1.807, 2.05) is 19.9 Å². The number of rotatable bonds is 5. The van der Waals surface area contributed by atoms with Crippen LogP contribution < -0.4 is 0 Å². The van der Waals surface area contributed by atoms with Crippen molar-refractivity contribution < 1.29 is 24.1 Å². The lowest BCUT2D eigenvalue weighted by Gasteiger charge is -2.37. The quantitative estimate of drug-likeness (QED) is 0.432. The van der Waals surface area contributed by atoms with Crippen LogP contribution in [0, 0.1) is 23.1 Å². The second kappa shape index (κ2) is 9.87. The van der Waals surface area contributed by atoms with Crippen molar-refractivity contribution in [3.8, 4) is 17.5 Å². The lowest BCUT2D eigenvalue weighted by molar-refractivity contribution is -0.150. The average Bonchev–Trinajstić information content (AvgIpc) is 3.28. The summed E-state index contributed by atoms with van der Waals surface area (Å²) in [6.45, 7) is 3.99. The number of fused-ring (bicyclic) bond motifs is 1. The van der Waals surface area contributed by atoms with Gasteiger partial charge in [0.1, 0.15) is 11.9 Å². The standard InChI is InChI=1S/C28H27FN2O4/c1-4-20-15-24-19(17-30-31(24)22-12-10-21(29)11-13-22)16-28(20,2)25(32)14-9-18-7-5-6-8-23(18)26(33)27(34)35-3/h5-8,10-13,15,17,25-26,32-33H,4,16H2,1-3H3/t25-,26?,28?/m0/s1. The van der Waals surface area contributed by atoms with E-state index in [0.29, 0.717) is 24.0 Å². The smallest absolute Gasteiger partial charge is 0.339 e. The van der Waals surface area contributed by atoms with Crippen molar-refractivity contribution >= 4 is 12.0 Å². The Morgan fingerprint density at radius 2 is 1.94 bits per heavy atom. The monoisotopic (exact) mass is 474 g/mol. The fourth-order valence-electron chi connectivity index (χ4n) is 4.48. The Kier molecular flexibility index (Phi) is 6.88. The van der Waals surface area contributed by atoms with Gasteiger partial charge in [-0.15, -0.1) is 0 Å². The highest BCUT2D eigenvalue weighted by molar-refractivity contribution is 5.77. The molecule has 1 aliphatic carbocycles. The lowest BCUT2D eigenvalue weighted by Crippen LogP contribution is -2.37. The second-order valence-corrected chi connectivity index (χ2v) is 8.75. The maximum absolute atomic E-state index is 13.4. The molecule has 0 saturated heterocycles. The van der Waals surface area contributed by atoms with E-state index in [9.17, 15) is 19.4 Å². The Hall–Kier alpha value is -3.73. The summed E-state index contributed by atoms with van der Waals surface area (Å²) < 4.78 is 19.8. The van der Waals surface area contributed by atoms with E-state index in [1.54, 1.807) is 47.3 Å². The van der Waals surface area contributed by atoms with Crippen LogP contribution in [0.5, 0.6) is 0 Å². The number of aliphatic hydroxyl groups excluding tert-OH is 2. The Balaban J connectivity index is 1.66. The fourth-order valence-corrected chi connectivity index (χ4v) is 4.48. The zero-order valence-electron chi connectivity index (χ0n) is 19.8. The van der Waals surface area contributed by atoms with Gasteiger partial charge in [-0.05, 0) is 54.8 Å². The van der Waals surface area contributed by atoms with Crippen LogP contribution in [0.1, 0.15) is 48.8 Å². The first-order valence-corrected chi connectivity index (χ1v) is 11.4. The van der Waals surface area contributed by atoms with Crippen molar-refractivity contribution in [2.75, 3.05) is 7.11 Å². The predicted octanol–water partition coefficient (Wildman–Crippen LogP) is 3.99. The molecule has 0 aliphatic heterocycles. The van der Waals surface area contributed by atoms with E-state index in [0.717, 1.165) is 22.5 Å². The minimum atomic E-state index is -1.46. The average molecular weight is 475 g/mol. The highest BCUT2D eigenvalue weighted by atomic mass is 19.1. The minimum Gasteiger partial charge on any atom is -0.467 e. The summed E-state index contributed by atoms with van der Waals surface area (Å²) in [5.74, 6) is 4.80. The van der Waals surface area contributed by atoms with Crippen LogP contribution in [0.2, 0.25) is 0 Å². The van der Waals surface area contributed by atoms with Gasteiger partial charge in [-0.1, -0.05) is 49.5 Å². The van der Waals surface area contributed by atoms with E-state index in [1.165, 1.54) is 19.2 Å². The van der Waals surface area contributed by atoms with E-state index in [4.69, 9.17) is 0 Å². The Bertz CT molecular complexity index is 1330. The third-order valence-electron chi connectivity index (χ3n) is 6.57. The number of esters is 1. The van der Waals surface area contributed by atoms with Gasteiger partial charge in [0.2, 0.25) is 0 Å². The molecule has 2 aromatic carbocycles. The Morgan fingerprint density at radius 1 is 1.23 bits per heavy atom. The van der Waals surface area contributed by atoms with Gasteiger partial charge in [0.25, 0.3) is 0 Å². The number of hydrogen-bond donors (Lipinski definition) is 2. The molecule has 3 atom stereocenters. The number of hydrogen-bond acceptors (Lipinski definition) is 5. The fraction of sp³-hybridized carbons (Fsp3) is 0.286. The zero-order chi connectivity index (χ0) is 25.2. The minimum absolute atomic E-state index is 0.311. The summed E-state index contributed by atoms with van der Waals surface area (Å²) in [6, 6.07) is 12.9. The maximum atomic E-state index is 13.4. The van der Waals surface area contributed by atoms with Gasteiger partial charge >= 0.3 is 5.97 Å². The molecule has 2 unspecified atom stereocenters.